The van der Waals surface area contributed by atoms with E-state index in [1.807, 2.05) is 22.7 Å². The number of unbranched alkanes of at least 4 members (excludes halogenated alkanes) is 1. The van der Waals surface area contributed by atoms with Gasteiger partial charge < -0.3 is 5.73 Å². The predicted octanol–water partition coefficient (Wildman–Crippen LogP) is 12.5. The molecule has 10 rings (SSSR count). The lowest BCUT2D eigenvalue weighted by molar-refractivity contribution is 0.660. The zero-order valence-electron chi connectivity index (χ0n) is 33.3. The van der Waals surface area contributed by atoms with Crippen LogP contribution in [-0.2, 0) is 11.8 Å². The van der Waals surface area contributed by atoms with Crippen LogP contribution in [0.25, 0.3) is 73.1 Å². The lowest BCUT2D eigenvalue weighted by Gasteiger charge is -2.21. The van der Waals surface area contributed by atoms with Gasteiger partial charge in [0, 0.05) is 28.4 Å². The molecule has 0 radical (unpaired) electrons. The highest BCUT2D eigenvalue weighted by Crippen LogP contribution is 2.49. The summed E-state index contributed by atoms with van der Waals surface area (Å²) >= 11 is 0. The van der Waals surface area contributed by atoms with E-state index >= 15 is 0 Å². The SMILES string of the molecule is CCCCc1nc(-c2ccc(-c3cc(-c4ccc5c(c4)-c4ccccc4C5(C)C)cc(-c4nc5ccc(C6=CCCC=C6)cn5n4)c3)cc2)n(-c2ccccc2)c1N. The number of nitrogens with two attached hydrogens (primary N) is 1. The van der Waals surface area contributed by atoms with Gasteiger partial charge in [-0.1, -0.05) is 124 Å². The number of anilines is 1. The summed E-state index contributed by atoms with van der Waals surface area (Å²) in [6.45, 7) is 6.85. The second-order valence-electron chi connectivity index (χ2n) is 16.1. The van der Waals surface area contributed by atoms with Gasteiger partial charge in [0.25, 0.3) is 0 Å². The van der Waals surface area contributed by atoms with Gasteiger partial charge >= 0.3 is 0 Å². The molecule has 8 aromatic rings. The summed E-state index contributed by atoms with van der Waals surface area (Å²) in [6.07, 6.45) is 13.9. The molecule has 284 valence electrons. The fourth-order valence-electron chi connectivity index (χ4n) is 8.84. The molecule has 58 heavy (non-hydrogen) atoms. The number of nitrogens with zero attached hydrogens (tertiary/aromatic N) is 5. The van der Waals surface area contributed by atoms with Crippen LogP contribution in [0.4, 0.5) is 5.82 Å². The number of fused-ring (bicyclic) bond motifs is 4. The normalized spacial score (nSPS) is 14.1. The minimum absolute atomic E-state index is 0.0569. The molecule has 0 unspecified atom stereocenters. The Kier molecular flexibility index (Phi) is 8.78. The molecule has 0 bridgehead atoms. The van der Waals surface area contributed by atoms with E-state index in [4.69, 9.17) is 20.8 Å². The largest absolute Gasteiger partial charge is 0.383 e. The van der Waals surface area contributed by atoms with E-state index in [0.29, 0.717) is 11.6 Å². The molecular formula is C52H46N6. The van der Waals surface area contributed by atoms with Gasteiger partial charge in [0.15, 0.2) is 11.5 Å². The van der Waals surface area contributed by atoms with Gasteiger partial charge in [-0.2, -0.15) is 0 Å². The third-order valence-electron chi connectivity index (χ3n) is 12.0. The Morgan fingerprint density at radius 3 is 2.16 bits per heavy atom. The molecule has 6 nitrogen and oxygen atoms in total. The van der Waals surface area contributed by atoms with Gasteiger partial charge in [-0.15, -0.1) is 5.10 Å². The Balaban J connectivity index is 1.09. The van der Waals surface area contributed by atoms with Gasteiger partial charge in [-0.05, 0) is 130 Å². The van der Waals surface area contributed by atoms with Crippen molar-refractivity contribution in [1.82, 2.24) is 24.1 Å². The molecule has 3 aromatic heterocycles. The number of pyridine rings is 1. The van der Waals surface area contributed by atoms with Crippen molar-refractivity contribution in [3.05, 3.63) is 174 Å². The molecule has 5 aromatic carbocycles. The standard InChI is InChI=1S/C52H46N6/c1-4-5-20-47-49(53)58(42-16-10-7-11-17-42)51(54-47)36-23-21-35(22-24-36)39-29-40(37-25-27-46-44(32-37)43-18-12-13-19-45(43)52(46,2)3)31-41(30-39)50-55-48-28-26-38(33-57(48)56-50)34-14-8-6-9-15-34/h7-8,10-19,21-33H,4-6,9,20,53H2,1-3H3. The molecular weight excluding hydrogens is 709 g/mol. The monoisotopic (exact) mass is 754 g/mol. The third kappa shape index (κ3) is 6.16. The van der Waals surface area contributed by atoms with Crippen molar-refractivity contribution in [1.29, 1.82) is 0 Å². The van der Waals surface area contributed by atoms with E-state index in [1.165, 1.54) is 27.8 Å². The van der Waals surface area contributed by atoms with Crippen LogP contribution in [0.1, 0.15) is 68.8 Å². The van der Waals surface area contributed by atoms with E-state index in [9.17, 15) is 0 Å². The van der Waals surface area contributed by atoms with Gasteiger partial charge in [-0.25, -0.2) is 14.5 Å². The van der Waals surface area contributed by atoms with Crippen molar-refractivity contribution in [3.8, 4) is 61.8 Å². The Morgan fingerprint density at radius 1 is 0.655 bits per heavy atom. The second-order valence-corrected chi connectivity index (χ2v) is 16.1. The minimum atomic E-state index is -0.0569. The van der Waals surface area contributed by atoms with Crippen LogP contribution in [0, 0.1) is 0 Å². The van der Waals surface area contributed by atoms with Crippen LogP contribution < -0.4 is 5.73 Å². The van der Waals surface area contributed by atoms with Gasteiger partial charge in [0.05, 0.1) is 5.69 Å². The van der Waals surface area contributed by atoms with Crippen molar-refractivity contribution in [2.24, 2.45) is 0 Å². The fourth-order valence-corrected chi connectivity index (χ4v) is 8.84. The number of allylic oxidation sites excluding steroid dienone is 4. The molecule has 0 amide bonds. The average Bonchev–Trinajstić information content (AvgIpc) is 3.92. The maximum Gasteiger partial charge on any atom is 0.182 e. The molecule has 0 fully saturated rings. The molecule has 2 N–H and O–H groups in total. The van der Waals surface area contributed by atoms with Crippen molar-refractivity contribution < 1.29 is 0 Å². The molecule has 2 aliphatic carbocycles. The Morgan fingerprint density at radius 2 is 1.36 bits per heavy atom. The Labute approximate surface area is 340 Å². The summed E-state index contributed by atoms with van der Waals surface area (Å²) in [6, 6.07) is 45.8. The summed E-state index contributed by atoms with van der Waals surface area (Å²) in [4.78, 5) is 10.2. The minimum Gasteiger partial charge on any atom is -0.383 e. The molecule has 6 heteroatoms. The smallest absolute Gasteiger partial charge is 0.182 e. The molecule has 0 spiro atoms. The number of imidazole rings is 1. The zero-order valence-corrected chi connectivity index (χ0v) is 33.3. The van der Waals surface area contributed by atoms with Crippen LogP contribution >= 0.6 is 0 Å². The maximum absolute atomic E-state index is 6.81. The second kappa shape index (κ2) is 14.3. The predicted molar refractivity (Wildman–Crippen MR) is 239 cm³/mol. The number of hydrogen-bond acceptors (Lipinski definition) is 4. The molecule has 0 aliphatic heterocycles. The number of benzene rings is 5. The quantitative estimate of drug-likeness (QED) is 0.159. The number of nitrogen functional groups attached to an aromatic ring is 1. The van der Waals surface area contributed by atoms with E-state index in [2.05, 4.69) is 159 Å². The van der Waals surface area contributed by atoms with E-state index < -0.39 is 0 Å². The van der Waals surface area contributed by atoms with Crippen molar-refractivity contribution in [2.45, 2.75) is 58.3 Å². The summed E-state index contributed by atoms with van der Waals surface area (Å²) in [5.74, 6) is 2.25. The van der Waals surface area contributed by atoms with Gasteiger partial charge in [-0.3, -0.25) is 4.57 Å². The molecule has 2 aliphatic rings. The first-order valence-electron chi connectivity index (χ1n) is 20.5. The van der Waals surface area contributed by atoms with E-state index in [1.54, 1.807) is 0 Å². The lowest BCUT2D eigenvalue weighted by atomic mass is 9.82. The average molecular weight is 755 g/mol. The summed E-state index contributed by atoms with van der Waals surface area (Å²) in [7, 11) is 0. The van der Waals surface area contributed by atoms with Crippen LogP contribution in [0.3, 0.4) is 0 Å². The first kappa shape index (κ1) is 35.6. The first-order chi connectivity index (χ1) is 28.4. The Hall–Kier alpha value is -6.79. The highest BCUT2D eigenvalue weighted by molar-refractivity contribution is 5.87. The summed E-state index contributed by atoms with van der Waals surface area (Å²) in [5, 5.41) is 5.07. The highest BCUT2D eigenvalue weighted by atomic mass is 15.3. The van der Waals surface area contributed by atoms with E-state index in [-0.39, 0.29) is 5.41 Å². The zero-order chi connectivity index (χ0) is 39.4. The number of aromatic nitrogens is 5. The number of rotatable bonds is 9. The number of aryl methyl sites for hydroxylation is 1. The summed E-state index contributed by atoms with van der Waals surface area (Å²) < 4.78 is 4.01. The maximum atomic E-state index is 6.81. The molecule has 0 saturated heterocycles. The number of para-hydroxylation sites is 1. The van der Waals surface area contributed by atoms with Crippen LogP contribution in [0.2, 0.25) is 0 Å². The van der Waals surface area contributed by atoms with Gasteiger partial charge in [0.2, 0.25) is 0 Å². The molecule has 0 atom stereocenters. The highest BCUT2D eigenvalue weighted by Gasteiger charge is 2.35. The number of hydrogen-bond donors (Lipinski definition) is 1. The van der Waals surface area contributed by atoms with Crippen molar-refractivity contribution >= 4 is 17.0 Å². The van der Waals surface area contributed by atoms with E-state index in [0.717, 1.165) is 93.9 Å². The lowest BCUT2D eigenvalue weighted by Crippen LogP contribution is -2.14. The Bertz CT molecular complexity index is 2910. The fraction of sp³-hybridized carbons (Fsp3) is 0.173. The third-order valence-corrected chi connectivity index (χ3v) is 12.0. The van der Waals surface area contributed by atoms with Crippen LogP contribution in [0.5, 0.6) is 0 Å². The van der Waals surface area contributed by atoms with Crippen LogP contribution in [-0.4, -0.2) is 24.1 Å². The topological polar surface area (TPSA) is 74.0 Å². The molecule has 0 saturated carbocycles. The summed E-state index contributed by atoms with van der Waals surface area (Å²) in [5.41, 5.74) is 23.7. The van der Waals surface area contributed by atoms with Crippen molar-refractivity contribution in [2.75, 3.05) is 5.73 Å². The molecule has 3 heterocycles. The van der Waals surface area contributed by atoms with Crippen molar-refractivity contribution in [3.63, 3.8) is 0 Å². The van der Waals surface area contributed by atoms with Crippen LogP contribution in [0.15, 0.2) is 152 Å². The van der Waals surface area contributed by atoms with Gasteiger partial charge in [0.1, 0.15) is 11.6 Å². The first-order valence-corrected chi connectivity index (χ1v) is 20.5.